The zero-order valence-corrected chi connectivity index (χ0v) is 11.4. The van der Waals surface area contributed by atoms with Gasteiger partial charge in [-0.2, -0.15) is 0 Å². The molecule has 2 aromatic carbocycles. The summed E-state index contributed by atoms with van der Waals surface area (Å²) in [5.41, 5.74) is 0.575. The molecule has 0 aliphatic carbocycles. The van der Waals surface area contributed by atoms with E-state index in [1.807, 2.05) is 25.2 Å². The van der Waals surface area contributed by atoms with Gasteiger partial charge >= 0.3 is 0 Å². The number of fused-ring (bicyclic) bond motifs is 3. The van der Waals surface area contributed by atoms with Crippen molar-refractivity contribution >= 4 is 31.5 Å². The van der Waals surface area contributed by atoms with E-state index in [4.69, 9.17) is 0 Å². The van der Waals surface area contributed by atoms with Gasteiger partial charge in [-0.1, -0.05) is 36.4 Å². The molecule has 0 unspecified atom stereocenters. The van der Waals surface area contributed by atoms with Crippen molar-refractivity contribution in [3.63, 3.8) is 0 Å². The summed E-state index contributed by atoms with van der Waals surface area (Å²) in [4.78, 5) is 0. The van der Waals surface area contributed by atoms with Crippen molar-refractivity contribution in [2.24, 2.45) is 0 Å². The van der Waals surface area contributed by atoms with Crippen LogP contribution in [0.3, 0.4) is 0 Å². The fourth-order valence-corrected chi connectivity index (χ4v) is 3.62. The molecule has 0 fully saturated rings. The van der Waals surface area contributed by atoms with Crippen molar-refractivity contribution in [2.45, 2.75) is 25.9 Å². The minimum absolute atomic E-state index is 0.662. The summed E-state index contributed by atoms with van der Waals surface area (Å²) in [6.07, 6.45) is 0.692. The number of hydrogen-bond acceptors (Lipinski definition) is 2. The standard InChI is InChI=1S/C16H16OS/c1-16(2,17)10-11-6-5-8-13-12-7-3-4-9-14(12)18-15(11)13/h3-9,17H,10H2,1-2H3. The summed E-state index contributed by atoms with van der Waals surface area (Å²) >= 11 is 1.82. The zero-order chi connectivity index (χ0) is 12.8. The molecule has 1 heterocycles. The molecule has 0 aliphatic heterocycles. The van der Waals surface area contributed by atoms with Gasteiger partial charge in [-0.05, 0) is 25.5 Å². The monoisotopic (exact) mass is 256 g/mol. The molecule has 0 saturated carbocycles. The minimum atomic E-state index is -0.662. The van der Waals surface area contributed by atoms with E-state index < -0.39 is 5.60 Å². The predicted octanol–water partition coefficient (Wildman–Crippen LogP) is 4.37. The summed E-state index contributed by atoms with van der Waals surface area (Å²) in [6, 6.07) is 14.9. The lowest BCUT2D eigenvalue weighted by atomic mass is 9.97. The maximum Gasteiger partial charge on any atom is 0.0632 e. The summed E-state index contributed by atoms with van der Waals surface area (Å²) in [6.45, 7) is 3.72. The normalized spacial score (nSPS) is 12.4. The average molecular weight is 256 g/mol. The molecule has 0 spiro atoms. The fraction of sp³-hybridized carbons (Fsp3) is 0.250. The van der Waals surface area contributed by atoms with Crippen molar-refractivity contribution in [3.05, 3.63) is 48.0 Å². The van der Waals surface area contributed by atoms with Gasteiger partial charge < -0.3 is 5.11 Å². The van der Waals surface area contributed by atoms with E-state index in [0.29, 0.717) is 6.42 Å². The fourth-order valence-electron chi connectivity index (χ4n) is 2.41. The van der Waals surface area contributed by atoms with Gasteiger partial charge in [0.25, 0.3) is 0 Å². The molecule has 1 N–H and O–H groups in total. The van der Waals surface area contributed by atoms with Crippen molar-refractivity contribution in [3.8, 4) is 0 Å². The van der Waals surface area contributed by atoms with Crippen LogP contribution in [0.4, 0.5) is 0 Å². The average Bonchev–Trinajstić information content (AvgIpc) is 2.67. The van der Waals surface area contributed by atoms with Crippen LogP contribution < -0.4 is 0 Å². The second-order valence-electron chi connectivity index (χ2n) is 5.38. The van der Waals surface area contributed by atoms with Gasteiger partial charge in [0, 0.05) is 26.6 Å². The molecule has 1 nitrogen and oxygen atoms in total. The van der Waals surface area contributed by atoms with E-state index in [9.17, 15) is 5.11 Å². The lowest BCUT2D eigenvalue weighted by Crippen LogP contribution is -2.21. The van der Waals surface area contributed by atoms with Crippen LogP contribution in [0.2, 0.25) is 0 Å². The Hall–Kier alpha value is -1.38. The Morgan fingerprint density at radius 1 is 1.00 bits per heavy atom. The van der Waals surface area contributed by atoms with Gasteiger partial charge in [-0.3, -0.25) is 0 Å². The Morgan fingerprint density at radius 2 is 1.72 bits per heavy atom. The molecule has 0 amide bonds. The number of thiophene rings is 1. The second kappa shape index (κ2) is 4.08. The van der Waals surface area contributed by atoms with Crippen LogP contribution >= 0.6 is 11.3 Å². The summed E-state index contributed by atoms with van der Waals surface area (Å²) < 4.78 is 2.62. The molecule has 0 bridgehead atoms. The SMILES string of the molecule is CC(C)(O)Cc1cccc2c1sc1ccccc12. The van der Waals surface area contributed by atoms with Crippen LogP contribution in [0.1, 0.15) is 19.4 Å². The number of hydrogen-bond donors (Lipinski definition) is 1. The lowest BCUT2D eigenvalue weighted by Gasteiger charge is -2.17. The number of benzene rings is 2. The molecule has 1 aromatic heterocycles. The Balaban J connectivity index is 2.28. The van der Waals surface area contributed by atoms with Crippen LogP contribution in [-0.4, -0.2) is 10.7 Å². The molecular weight excluding hydrogens is 240 g/mol. The van der Waals surface area contributed by atoms with E-state index >= 15 is 0 Å². The molecule has 3 rings (SSSR count). The van der Waals surface area contributed by atoms with Crippen LogP contribution in [0.25, 0.3) is 20.2 Å². The first-order chi connectivity index (χ1) is 8.54. The third-order valence-corrected chi connectivity index (χ3v) is 4.37. The molecule has 0 saturated heterocycles. The Kier molecular flexibility index (Phi) is 2.65. The van der Waals surface area contributed by atoms with Crippen LogP contribution in [-0.2, 0) is 6.42 Å². The van der Waals surface area contributed by atoms with Gasteiger partial charge in [0.15, 0.2) is 0 Å². The molecule has 2 heteroatoms. The van der Waals surface area contributed by atoms with E-state index in [2.05, 4.69) is 42.5 Å². The van der Waals surface area contributed by atoms with Gasteiger partial charge in [0.05, 0.1) is 5.60 Å². The zero-order valence-electron chi connectivity index (χ0n) is 10.6. The Bertz CT molecular complexity index is 704. The number of aliphatic hydroxyl groups is 1. The molecule has 18 heavy (non-hydrogen) atoms. The van der Waals surface area contributed by atoms with E-state index in [0.717, 1.165) is 0 Å². The maximum atomic E-state index is 10.0. The molecule has 3 aromatic rings. The van der Waals surface area contributed by atoms with Gasteiger partial charge in [-0.25, -0.2) is 0 Å². The van der Waals surface area contributed by atoms with Gasteiger partial charge in [0.2, 0.25) is 0 Å². The Labute approximate surface area is 111 Å². The first-order valence-electron chi connectivity index (χ1n) is 6.16. The van der Waals surface area contributed by atoms with Gasteiger partial charge in [0.1, 0.15) is 0 Å². The molecular formula is C16H16OS. The molecule has 0 aliphatic rings. The summed E-state index contributed by atoms with van der Waals surface area (Å²) in [5, 5.41) is 12.6. The largest absolute Gasteiger partial charge is 0.390 e. The quantitative estimate of drug-likeness (QED) is 0.722. The summed E-state index contributed by atoms with van der Waals surface area (Å²) in [5.74, 6) is 0. The molecule has 0 radical (unpaired) electrons. The van der Waals surface area contributed by atoms with E-state index in [1.54, 1.807) is 0 Å². The lowest BCUT2D eigenvalue weighted by molar-refractivity contribution is 0.0814. The third-order valence-electron chi connectivity index (χ3n) is 3.11. The van der Waals surface area contributed by atoms with Gasteiger partial charge in [-0.15, -0.1) is 11.3 Å². The Morgan fingerprint density at radius 3 is 2.50 bits per heavy atom. The van der Waals surface area contributed by atoms with Crippen molar-refractivity contribution in [1.82, 2.24) is 0 Å². The topological polar surface area (TPSA) is 20.2 Å². The summed E-state index contributed by atoms with van der Waals surface area (Å²) in [7, 11) is 0. The first kappa shape index (κ1) is 11.7. The van der Waals surface area contributed by atoms with E-state index in [1.165, 1.54) is 25.7 Å². The molecule has 92 valence electrons. The first-order valence-corrected chi connectivity index (χ1v) is 6.98. The highest BCUT2D eigenvalue weighted by molar-refractivity contribution is 7.26. The van der Waals surface area contributed by atoms with Crippen LogP contribution in [0.15, 0.2) is 42.5 Å². The second-order valence-corrected chi connectivity index (χ2v) is 6.43. The van der Waals surface area contributed by atoms with Crippen molar-refractivity contribution in [1.29, 1.82) is 0 Å². The van der Waals surface area contributed by atoms with Crippen molar-refractivity contribution in [2.75, 3.05) is 0 Å². The number of rotatable bonds is 2. The van der Waals surface area contributed by atoms with E-state index in [-0.39, 0.29) is 0 Å². The van der Waals surface area contributed by atoms with Crippen LogP contribution in [0.5, 0.6) is 0 Å². The highest BCUT2D eigenvalue weighted by atomic mass is 32.1. The molecule has 0 atom stereocenters. The smallest absolute Gasteiger partial charge is 0.0632 e. The van der Waals surface area contributed by atoms with Crippen molar-refractivity contribution < 1.29 is 5.11 Å². The highest BCUT2D eigenvalue weighted by Crippen LogP contribution is 2.36. The predicted molar refractivity (Wildman–Crippen MR) is 79.3 cm³/mol. The highest BCUT2D eigenvalue weighted by Gasteiger charge is 2.16. The van der Waals surface area contributed by atoms with Crippen LogP contribution in [0, 0.1) is 0 Å². The maximum absolute atomic E-state index is 10.0. The minimum Gasteiger partial charge on any atom is -0.390 e. The third kappa shape index (κ3) is 2.02.